The summed E-state index contributed by atoms with van der Waals surface area (Å²) < 4.78 is 0. The molecule has 5 nitrogen and oxygen atoms in total. The number of thiophene rings is 1. The van der Waals surface area contributed by atoms with Crippen LogP contribution >= 0.6 is 11.3 Å². The van der Waals surface area contributed by atoms with Crippen molar-refractivity contribution < 1.29 is 9.59 Å². The molecule has 0 atom stereocenters. The zero-order valence-electron chi connectivity index (χ0n) is 17.3. The second kappa shape index (κ2) is 8.66. The van der Waals surface area contributed by atoms with E-state index in [9.17, 15) is 9.59 Å². The van der Waals surface area contributed by atoms with Crippen molar-refractivity contribution in [2.75, 3.05) is 26.2 Å². The summed E-state index contributed by atoms with van der Waals surface area (Å²) in [6.45, 7) is 7.33. The fraction of sp³-hybridized carbons (Fsp3) is 0.522. The molecular formula is C23H29N3O2S. The maximum atomic E-state index is 13.2. The second-order valence-electron chi connectivity index (χ2n) is 8.40. The van der Waals surface area contributed by atoms with Gasteiger partial charge in [0.25, 0.3) is 11.8 Å². The average molecular weight is 412 g/mol. The van der Waals surface area contributed by atoms with Crippen molar-refractivity contribution >= 4 is 23.2 Å². The Morgan fingerprint density at radius 1 is 0.966 bits per heavy atom. The molecule has 4 heterocycles. The Morgan fingerprint density at radius 2 is 1.62 bits per heavy atom. The molecule has 4 rings (SSSR count). The van der Waals surface area contributed by atoms with Gasteiger partial charge in [0.15, 0.2) is 0 Å². The smallest absolute Gasteiger partial charge is 0.263 e. The van der Waals surface area contributed by atoms with Crippen molar-refractivity contribution in [3.63, 3.8) is 0 Å². The normalized spacial score (nSPS) is 18.8. The minimum absolute atomic E-state index is 0.120. The van der Waals surface area contributed by atoms with Crippen LogP contribution in [-0.4, -0.2) is 52.8 Å². The number of pyridine rings is 1. The van der Waals surface area contributed by atoms with Crippen molar-refractivity contribution in [2.24, 2.45) is 5.92 Å². The highest BCUT2D eigenvalue weighted by Crippen LogP contribution is 2.31. The number of carbonyl (C=O) groups is 2. The first kappa shape index (κ1) is 20.1. The summed E-state index contributed by atoms with van der Waals surface area (Å²) in [5.74, 6) is 1.16. The molecular weight excluding hydrogens is 382 g/mol. The standard InChI is InChI=1S/C23H29N3O2S/c1-16-7-11-25(12-8-16)22(27)19-6-5-17(2)24-21(19)18-9-13-26(14-10-18)23(28)20-4-3-15-29-20/h3-6,15-16,18H,7-14H2,1-2H3. The van der Waals surface area contributed by atoms with Crippen LogP contribution in [0.3, 0.4) is 0 Å². The van der Waals surface area contributed by atoms with Crippen molar-refractivity contribution in [1.82, 2.24) is 14.8 Å². The van der Waals surface area contributed by atoms with E-state index in [2.05, 4.69) is 6.92 Å². The van der Waals surface area contributed by atoms with E-state index in [1.165, 1.54) is 11.3 Å². The first-order valence-electron chi connectivity index (χ1n) is 10.6. The summed E-state index contributed by atoms with van der Waals surface area (Å²) in [6, 6.07) is 7.71. The molecule has 0 saturated carbocycles. The summed E-state index contributed by atoms with van der Waals surface area (Å²) in [6.07, 6.45) is 3.85. The monoisotopic (exact) mass is 411 g/mol. The summed E-state index contributed by atoms with van der Waals surface area (Å²) in [7, 11) is 0. The number of aryl methyl sites for hydroxylation is 1. The molecule has 2 saturated heterocycles. The second-order valence-corrected chi connectivity index (χ2v) is 9.35. The van der Waals surface area contributed by atoms with E-state index in [4.69, 9.17) is 4.98 Å². The predicted molar refractivity (Wildman–Crippen MR) is 115 cm³/mol. The van der Waals surface area contributed by atoms with Crippen LogP contribution in [-0.2, 0) is 0 Å². The number of likely N-dealkylation sites (tertiary alicyclic amines) is 2. The van der Waals surface area contributed by atoms with Gasteiger partial charge in [-0.1, -0.05) is 13.0 Å². The minimum atomic E-state index is 0.120. The van der Waals surface area contributed by atoms with E-state index >= 15 is 0 Å². The molecule has 2 aliphatic rings. The van der Waals surface area contributed by atoms with Gasteiger partial charge in [0.1, 0.15) is 0 Å². The molecule has 0 bridgehead atoms. The Morgan fingerprint density at radius 3 is 2.28 bits per heavy atom. The zero-order valence-corrected chi connectivity index (χ0v) is 18.1. The maximum Gasteiger partial charge on any atom is 0.263 e. The summed E-state index contributed by atoms with van der Waals surface area (Å²) in [5, 5.41) is 1.94. The largest absolute Gasteiger partial charge is 0.339 e. The summed E-state index contributed by atoms with van der Waals surface area (Å²) in [5.41, 5.74) is 2.63. The van der Waals surface area contributed by atoms with Crippen LogP contribution in [0.4, 0.5) is 0 Å². The summed E-state index contributed by atoms with van der Waals surface area (Å²) >= 11 is 1.49. The van der Waals surface area contributed by atoms with Crippen LogP contribution in [0.1, 0.15) is 69.9 Å². The number of aromatic nitrogens is 1. The topological polar surface area (TPSA) is 53.5 Å². The van der Waals surface area contributed by atoms with Gasteiger partial charge in [0, 0.05) is 37.8 Å². The van der Waals surface area contributed by atoms with Crippen LogP contribution in [0.25, 0.3) is 0 Å². The molecule has 6 heteroatoms. The highest BCUT2D eigenvalue weighted by Gasteiger charge is 2.30. The summed E-state index contributed by atoms with van der Waals surface area (Å²) in [4.78, 5) is 35.4. The number of amides is 2. The van der Waals surface area contributed by atoms with E-state index < -0.39 is 0 Å². The van der Waals surface area contributed by atoms with Crippen LogP contribution in [0.2, 0.25) is 0 Å². The SMILES string of the molecule is Cc1ccc(C(=O)N2CCC(C)CC2)c(C2CCN(C(=O)c3cccs3)CC2)n1. The molecule has 29 heavy (non-hydrogen) atoms. The van der Waals surface area contributed by atoms with Gasteiger partial charge >= 0.3 is 0 Å². The number of piperidine rings is 2. The first-order chi connectivity index (χ1) is 14.0. The molecule has 154 valence electrons. The molecule has 0 aliphatic carbocycles. The number of rotatable bonds is 3. The van der Waals surface area contributed by atoms with Crippen LogP contribution in [0.5, 0.6) is 0 Å². The molecule has 2 fully saturated rings. The molecule has 0 N–H and O–H groups in total. The molecule has 0 spiro atoms. The highest BCUT2D eigenvalue weighted by molar-refractivity contribution is 7.12. The Balaban J connectivity index is 1.48. The molecule has 2 aromatic rings. The molecule has 0 radical (unpaired) electrons. The van der Waals surface area contributed by atoms with Gasteiger partial charge in [0.05, 0.1) is 16.1 Å². The Labute approximate surface area is 176 Å². The van der Waals surface area contributed by atoms with E-state index in [1.54, 1.807) is 0 Å². The number of hydrogen-bond acceptors (Lipinski definition) is 4. The Hall–Kier alpha value is -2.21. The zero-order chi connectivity index (χ0) is 20.4. The molecule has 2 aromatic heterocycles. The lowest BCUT2D eigenvalue weighted by Gasteiger charge is -2.34. The maximum absolute atomic E-state index is 13.2. The number of nitrogens with zero attached hydrogens (tertiary/aromatic N) is 3. The molecule has 2 aliphatic heterocycles. The van der Waals surface area contributed by atoms with Crippen molar-refractivity contribution in [3.8, 4) is 0 Å². The number of hydrogen-bond donors (Lipinski definition) is 0. The minimum Gasteiger partial charge on any atom is -0.339 e. The Kier molecular flexibility index (Phi) is 5.99. The van der Waals surface area contributed by atoms with Gasteiger partial charge in [-0.25, -0.2) is 0 Å². The predicted octanol–water partition coefficient (Wildman–Crippen LogP) is 4.34. The van der Waals surface area contributed by atoms with E-state index in [1.807, 2.05) is 46.4 Å². The fourth-order valence-electron chi connectivity index (χ4n) is 4.36. The number of carbonyl (C=O) groups excluding carboxylic acids is 2. The van der Waals surface area contributed by atoms with Crippen LogP contribution in [0.15, 0.2) is 29.6 Å². The first-order valence-corrected chi connectivity index (χ1v) is 11.5. The lowest BCUT2D eigenvalue weighted by molar-refractivity contribution is 0.0682. The lowest BCUT2D eigenvalue weighted by Crippen LogP contribution is -2.40. The van der Waals surface area contributed by atoms with Gasteiger partial charge in [0.2, 0.25) is 0 Å². The van der Waals surface area contributed by atoms with Crippen molar-refractivity contribution in [3.05, 3.63) is 51.5 Å². The van der Waals surface area contributed by atoms with E-state index in [0.717, 1.165) is 60.6 Å². The third-order valence-electron chi connectivity index (χ3n) is 6.27. The van der Waals surface area contributed by atoms with Crippen molar-refractivity contribution in [1.29, 1.82) is 0 Å². The van der Waals surface area contributed by atoms with Gasteiger partial charge < -0.3 is 9.80 Å². The quantitative estimate of drug-likeness (QED) is 0.755. The van der Waals surface area contributed by atoms with Gasteiger partial charge in [-0.15, -0.1) is 11.3 Å². The van der Waals surface area contributed by atoms with Gasteiger partial charge in [-0.05, 0) is 62.1 Å². The van der Waals surface area contributed by atoms with E-state index in [0.29, 0.717) is 19.0 Å². The van der Waals surface area contributed by atoms with Crippen LogP contribution < -0.4 is 0 Å². The average Bonchev–Trinajstić information content (AvgIpc) is 3.28. The fourth-order valence-corrected chi connectivity index (χ4v) is 5.05. The third kappa shape index (κ3) is 4.37. The van der Waals surface area contributed by atoms with Crippen LogP contribution in [0, 0.1) is 12.8 Å². The molecule has 0 aromatic carbocycles. The molecule has 2 amide bonds. The van der Waals surface area contributed by atoms with E-state index in [-0.39, 0.29) is 17.7 Å². The molecule has 0 unspecified atom stereocenters. The Bertz CT molecular complexity index is 864. The lowest BCUT2D eigenvalue weighted by atomic mass is 9.89. The van der Waals surface area contributed by atoms with Crippen molar-refractivity contribution in [2.45, 2.75) is 45.4 Å². The van der Waals surface area contributed by atoms with Gasteiger partial charge in [-0.3, -0.25) is 14.6 Å². The highest BCUT2D eigenvalue weighted by atomic mass is 32.1. The third-order valence-corrected chi connectivity index (χ3v) is 7.12. The van der Waals surface area contributed by atoms with Gasteiger partial charge in [-0.2, -0.15) is 0 Å².